The van der Waals surface area contributed by atoms with Gasteiger partial charge in [0.15, 0.2) is 0 Å². The Morgan fingerprint density at radius 2 is 1.76 bits per heavy atom. The van der Waals surface area contributed by atoms with E-state index >= 15 is 0 Å². The lowest BCUT2D eigenvalue weighted by Gasteiger charge is -2.08. The molecular formula is C12H14F3NO4S. The van der Waals surface area contributed by atoms with E-state index < -0.39 is 40.8 Å². The smallest absolute Gasteiger partial charge is 0.389 e. The molecule has 1 aromatic carbocycles. The summed E-state index contributed by atoms with van der Waals surface area (Å²) in [5, 5.41) is 8.69. The molecule has 0 aliphatic heterocycles. The summed E-state index contributed by atoms with van der Waals surface area (Å²) in [5.74, 6) is -1.71. The number of hydrogen-bond acceptors (Lipinski definition) is 3. The van der Waals surface area contributed by atoms with Crippen LogP contribution in [0.2, 0.25) is 0 Å². The first-order valence-electron chi connectivity index (χ1n) is 5.95. The highest BCUT2D eigenvalue weighted by Gasteiger charge is 2.27. The molecule has 0 bridgehead atoms. The van der Waals surface area contributed by atoms with Crippen molar-refractivity contribution in [2.24, 2.45) is 0 Å². The highest BCUT2D eigenvalue weighted by molar-refractivity contribution is 7.89. The predicted octanol–water partition coefficient (Wildman–Crippen LogP) is 2.15. The zero-order valence-electron chi connectivity index (χ0n) is 10.9. The van der Waals surface area contributed by atoms with Gasteiger partial charge in [-0.3, -0.25) is 0 Å². The summed E-state index contributed by atoms with van der Waals surface area (Å²) in [6.07, 6.45) is -6.03. The van der Waals surface area contributed by atoms with E-state index in [1.165, 1.54) is 24.3 Å². The maximum Gasteiger partial charge on any atom is 0.389 e. The van der Waals surface area contributed by atoms with Crippen molar-refractivity contribution in [1.29, 1.82) is 0 Å². The van der Waals surface area contributed by atoms with E-state index in [2.05, 4.69) is 4.72 Å². The highest BCUT2D eigenvalue weighted by Crippen LogP contribution is 2.21. The first-order chi connectivity index (χ1) is 9.59. The summed E-state index contributed by atoms with van der Waals surface area (Å²) < 4.78 is 60.9. The van der Waals surface area contributed by atoms with Gasteiger partial charge in [0.2, 0.25) is 10.0 Å². The topological polar surface area (TPSA) is 83.5 Å². The van der Waals surface area contributed by atoms with Crippen LogP contribution in [-0.2, 0) is 16.6 Å². The zero-order valence-corrected chi connectivity index (χ0v) is 11.7. The maximum atomic E-state index is 11.9. The fraction of sp³-hybridized carbons (Fsp3) is 0.417. The summed E-state index contributed by atoms with van der Waals surface area (Å²) in [5.41, 5.74) is 0.575. The second-order valence-electron chi connectivity index (χ2n) is 4.36. The molecule has 118 valence electrons. The van der Waals surface area contributed by atoms with Crippen molar-refractivity contribution in [1.82, 2.24) is 4.72 Å². The first kappa shape index (κ1) is 17.4. The van der Waals surface area contributed by atoms with Crippen LogP contribution in [0.3, 0.4) is 0 Å². The van der Waals surface area contributed by atoms with Gasteiger partial charge in [0.05, 0.1) is 11.3 Å². The van der Waals surface area contributed by atoms with Crippen molar-refractivity contribution in [3.8, 4) is 0 Å². The number of rotatable bonds is 7. The average Bonchev–Trinajstić information content (AvgIpc) is 2.35. The number of sulfonamides is 1. The molecule has 0 spiro atoms. The zero-order chi connectivity index (χ0) is 16.1. The first-order valence-corrected chi connectivity index (χ1v) is 7.61. The minimum absolute atomic E-state index is 0.0618. The number of carbonyl (C=O) groups is 1. The van der Waals surface area contributed by atoms with Crippen LogP contribution in [0.1, 0.15) is 28.8 Å². The molecule has 9 heteroatoms. The van der Waals surface area contributed by atoms with Gasteiger partial charge in [-0.25, -0.2) is 17.9 Å². The number of halogens is 3. The Labute approximate surface area is 119 Å². The minimum atomic E-state index is -4.37. The summed E-state index contributed by atoms with van der Waals surface area (Å²) in [6, 6.07) is 5.49. The van der Waals surface area contributed by atoms with Gasteiger partial charge < -0.3 is 5.11 Å². The van der Waals surface area contributed by atoms with E-state index in [0.717, 1.165) is 0 Å². The van der Waals surface area contributed by atoms with Gasteiger partial charge in [-0.2, -0.15) is 13.2 Å². The molecule has 1 rings (SSSR count). The largest absolute Gasteiger partial charge is 0.478 e. The van der Waals surface area contributed by atoms with Crippen molar-refractivity contribution in [3.05, 3.63) is 35.4 Å². The Morgan fingerprint density at radius 3 is 2.24 bits per heavy atom. The molecule has 0 aliphatic carbocycles. The molecule has 0 radical (unpaired) electrons. The van der Waals surface area contributed by atoms with Crippen LogP contribution in [0.5, 0.6) is 0 Å². The van der Waals surface area contributed by atoms with Gasteiger partial charge in [-0.15, -0.1) is 0 Å². The van der Waals surface area contributed by atoms with Crippen LogP contribution in [0.15, 0.2) is 24.3 Å². The standard InChI is InChI=1S/C12H14F3NO4S/c13-12(14,15)6-1-7-21(19,20)16-8-9-2-4-10(5-3-9)11(17)18/h2-5,16H,1,6-8H2,(H,17,18). The van der Waals surface area contributed by atoms with Crippen LogP contribution in [-0.4, -0.2) is 31.4 Å². The van der Waals surface area contributed by atoms with E-state index in [1.807, 2.05) is 0 Å². The van der Waals surface area contributed by atoms with Crippen molar-refractivity contribution in [2.45, 2.75) is 25.6 Å². The lowest BCUT2D eigenvalue weighted by molar-refractivity contribution is -0.134. The number of nitrogens with one attached hydrogen (secondary N) is 1. The van der Waals surface area contributed by atoms with Gasteiger partial charge in [0.1, 0.15) is 0 Å². The molecule has 1 aromatic rings. The lowest BCUT2D eigenvalue weighted by Crippen LogP contribution is -2.26. The molecule has 21 heavy (non-hydrogen) atoms. The van der Waals surface area contributed by atoms with Gasteiger partial charge in [0.25, 0.3) is 0 Å². The van der Waals surface area contributed by atoms with Crippen molar-refractivity contribution >= 4 is 16.0 Å². The number of alkyl halides is 3. The Balaban J connectivity index is 2.47. The number of carboxylic acids is 1. The minimum Gasteiger partial charge on any atom is -0.478 e. The van der Waals surface area contributed by atoms with Gasteiger partial charge in [-0.1, -0.05) is 12.1 Å². The molecule has 0 heterocycles. The van der Waals surface area contributed by atoms with Crippen LogP contribution < -0.4 is 4.72 Å². The molecule has 0 unspecified atom stereocenters. The van der Waals surface area contributed by atoms with Crippen LogP contribution in [0, 0.1) is 0 Å². The highest BCUT2D eigenvalue weighted by atomic mass is 32.2. The Bertz CT molecular complexity index is 582. The van der Waals surface area contributed by atoms with Gasteiger partial charge in [0, 0.05) is 13.0 Å². The van der Waals surface area contributed by atoms with Crippen molar-refractivity contribution in [3.63, 3.8) is 0 Å². The Hall–Kier alpha value is -1.61. The number of hydrogen-bond donors (Lipinski definition) is 2. The third-order valence-corrected chi connectivity index (χ3v) is 3.98. The van der Waals surface area contributed by atoms with Crippen LogP contribution in [0.4, 0.5) is 13.2 Å². The van der Waals surface area contributed by atoms with E-state index in [9.17, 15) is 26.4 Å². The van der Waals surface area contributed by atoms with E-state index in [0.29, 0.717) is 5.56 Å². The molecular weight excluding hydrogens is 311 g/mol. The molecule has 0 aromatic heterocycles. The summed E-state index contributed by atoms with van der Waals surface area (Å²) >= 11 is 0. The second kappa shape index (κ2) is 6.90. The number of benzene rings is 1. The quantitative estimate of drug-likeness (QED) is 0.804. The summed E-state index contributed by atoms with van der Waals surface area (Å²) in [4.78, 5) is 10.6. The maximum absolute atomic E-state index is 11.9. The van der Waals surface area contributed by atoms with E-state index in [-0.39, 0.29) is 12.1 Å². The van der Waals surface area contributed by atoms with Gasteiger partial charge >= 0.3 is 12.1 Å². The van der Waals surface area contributed by atoms with Gasteiger partial charge in [-0.05, 0) is 24.1 Å². The third-order valence-electron chi connectivity index (χ3n) is 2.57. The molecule has 0 aliphatic rings. The normalized spacial score (nSPS) is 12.3. The molecule has 5 nitrogen and oxygen atoms in total. The fourth-order valence-electron chi connectivity index (χ4n) is 1.49. The van der Waals surface area contributed by atoms with Crippen molar-refractivity contribution < 1.29 is 31.5 Å². The Morgan fingerprint density at radius 1 is 1.19 bits per heavy atom. The Kier molecular flexibility index (Phi) is 5.73. The molecule has 0 saturated heterocycles. The predicted molar refractivity (Wildman–Crippen MR) is 69.3 cm³/mol. The average molecular weight is 325 g/mol. The van der Waals surface area contributed by atoms with Crippen LogP contribution >= 0.6 is 0 Å². The van der Waals surface area contributed by atoms with Crippen molar-refractivity contribution in [2.75, 3.05) is 5.75 Å². The molecule has 2 N–H and O–H groups in total. The monoisotopic (exact) mass is 325 g/mol. The fourth-order valence-corrected chi connectivity index (χ4v) is 2.55. The van der Waals surface area contributed by atoms with E-state index in [1.54, 1.807) is 0 Å². The molecule has 0 saturated carbocycles. The molecule has 0 fully saturated rings. The second-order valence-corrected chi connectivity index (χ2v) is 6.29. The molecule has 0 atom stereocenters. The number of carboxylic acid groups (broad SMARTS) is 1. The summed E-state index contributed by atoms with van der Waals surface area (Å²) in [6.45, 7) is -0.103. The third kappa shape index (κ3) is 7.09. The molecule has 0 amide bonds. The number of aromatic carboxylic acids is 1. The lowest BCUT2D eigenvalue weighted by atomic mass is 10.1. The SMILES string of the molecule is O=C(O)c1ccc(CNS(=O)(=O)CCCC(F)(F)F)cc1. The van der Waals surface area contributed by atoms with E-state index in [4.69, 9.17) is 5.11 Å². The van der Waals surface area contributed by atoms with Crippen LogP contribution in [0.25, 0.3) is 0 Å². The summed E-state index contributed by atoms with van der Waals surface area (Å²) in [7, 11) is -3.79.